The van der Waals surface area contributed by atoms with E-state index < -0.39 is 13.9 Å². The first-order chi connectivity index (χ1) is 30.4. The topological polar surface area (TPSA) is 117 Å². The Balaban J connectivity index is 4.09. The Hall–Kier alpha value is -2.58. The van der Waals surface area contributed by atoms with Crippen molar-refractivity contribution in [2.24, 2.45) is 5.73 Å². The number of phosphoric ester groups is 1. The smallest absolute Gasteiger partial charge is 0.457 e. The van der Waals surface area contributed by atoms with Crippen LogP contribution in [0.15, 0.2) is 97.2 Å². The van der Waals surface area contributed by atoms with Crippen molar-refractivity contribution < 1.29 is 32.8 Å². The zero-order valence-electron chi connectivity index (χ0n) is 39.6. The number of ether oxygens (including phenoxy) is 2. The van der Waals surface area contributed by atoms with Crippen LogP contribution in [0.1, 0.15) is 194 Å². The van der Waals surface area contributed by atoms with Gasteiger partial charge in [0.25, 0.3) is 0 Å². The van der Waals surface area contributed by atoms with Crippen molar-refractivity contribution in [2.45, 2.75) is 200 Å². The third kappa shape index (κ3) is 48.5. The summed E-state index contributed by atoms with van der Waals surface area (Å²) >= 11 is 0. The van der Waals surface area contributed by atoms with Gasteiger partial charge in [-0.05, 0) is 96.3 Å². The number of nitrogens with two attached hydrogens (primary N) is 1. The lowest BCUT2D eigenvalue weighted by Crippen LogP contribution is -2.28. The van der Waals surface area contributed by atoms with Gasteiger partial charge in [0.15, 0.2) is 0 Å². The van der Waals surface area contributed by atoms with Gasteiger partial charge < -0.3 is 20.1 Å². The lowest BCUT2D eigenvalue weighted by molar-refractivity contribution is -0.154. The number of carbonyl (C=O) groups is 1. The molecule has 2 unspecified atom stereocenters. The fraction of sp³-hybridized carbons (Fsp3) is 0.679. The molecule has 0 aliphatic heterocycles. The largest absolute Gasteiger partial charge is 0.472 e. The summed E-state index contributed by atoms with van der Waals surface area (Å²) in [5.74, 6) is -0.366. The van der Waals surface area contributed by atoms with Crippen LogP contribution in [-0.4, -0.2) is 49.9 Å². The van der Waals surface area contributed by atoms with E-state index >= 15 is 0 Å². The number of allylic oxidation sites excluding steroid dienone is 16. The summed E-state index contributed by atoms with van der Waals surface area (Å²) in [6.07, 6.45) is 65.8. The Kier molecular flexibility index (Phi) is 47.4. The minimum absolute atomic E-state index is 0.0890. The number of phosphoric acid groups is 1. The van der Waals surface area contributed by atoms with Gasteiger partial charge in [-0.15, -0.1) is 0 Å². The molecule has 356 valence electrons. The highest BCUT2D eigenvalue weighted by atomic mass is 31.2. The van der Waals surface area contributed by atoms with Crippen molar-refractivity contribution >= 4 is 13.8 Å². The third-order valence-corrected chi connectivity index (χ3v) is 11.0. The van der Waals surface area contributed by atoms with E-state index in [0.717, 1.165) is 77.0 Å². The van der Waals surface area contributed by atoms with Crippen LogP contribution in [-0.2, 0) is 27.9 Å². The Bertz CT molecular complexity index is 1270. The second kappa shape index (κ2) is 49.4. The summed E-state index contributed by atoms with van der Waals surface area (Å²) in [5, 5.41) is 0. The highest BCUT2D eigenvalue weighted by Gasteiger charge is 2.25. The minimum Gasteiger partial charge on any atom is -0.457 e. The molecule has 0 rings (SSSR count). The zero-order valence-corrected chi connectivity index (χ0v) is 40.5. The maximum atomic E-state index is 12.6. The van der Waals surface area contributed by atoms with Gasteiger partial charge in [0, 0.05) is 19.6 Å². The highest BCUT2D eigenvalue weighted by molar-refractivity contribution is 7.47. The zero-order chi connectivity index (χ0) is 45.1. The van der Waals surface area contributed by atoms with Crippen molar-refractivity contribution in [1.29, 1.82) is 0 Å². The van der Waals surface area contributed by atoms with Crippen LogP contribution in [0, 0.1) is 0 Å². The van der Waals surface area contributed by atoms with Crippen LogP contribution < -0.4 is 5.73 Å². The molecule has 0 amide bonds. The van der Waals surface area contributed by atoms with Gasteiger partial charge in [-0.3, -0.25) is 13.8 Å². The molecule has 0 aromatic carbocycles. The average molecular weight is 886 g/mol. The molecule has 0 heterocycles. The Morgan fingerprint density at radius 1 is 0.500 bits per heavy atom. The molecule has 0 aromatic rings. The molecule has 3 N–H and O–H groups in total. The van der Waals surface area contributed by atoms with Crippen molar-refractivity contribution in [1.82, 2.24) is 0 Å². The van der Waals surface area contributed by atoms with Gasteiger partial charge in [-0.25, -0.2) is 4.57 Å². The molecular formula is C53H92NO7P. The maximum absolute atomic E-state index is 12.6. The molecule has 0 saturated heterocycles. The first kappa shape index (κ1) is 59.4. The molecule has 0 aromatic heterocycles. The molecule has 0 aliphatic rings. The normalized spacial score (nSPS) is 14.2. The monoisotopic (exact) mass is 886 g/mol. The molecule has 0 saturated carbocycles. The predicted molar refractivity (Wildman–Crippen MR) is 265 cm³/mol. The number of carbonyl (C=O) groups excluding carboxylic acids is 1. The SMILES string of the molecule is CC/C=C\C/C=C\C/C=C\C/C=C\C/C=C\C/C=C\C/C=C\CCCCCC(=O)OC(COCCCCCCCCCC/C=C\CCCCCCCC)COP(=O)(O)OCCN. The summed E-state index contributed by atoms with van der Waals surface area (Å²) in [7, 11) is -4.30. The number of hydrogen-bond acceptors (Lipinski definition) is 7. The summed E-state index contributed by atoms with van der Waals surface area (Å²) in [6, 6.07) is 0. The molecular weight excluding hydrogens is 794 g/mol. The molecule has 0 radical (unpaired) electrons. The lowest BCUT2D eigenvalue weighted by Gasteiger charge is -2.20. The summed E-state index contributed by atoms with van der Waals surface area (Å²) in [4.78, 5) is 22.6. The number of rotatable bonds is 46. The van der Waals surface area contributed by atoms with Crippen LogP contribution in [0.4, 0.5) is 0 Å². The third-order valence-electron chi connectivity index (χ3n) is 9.99. The maximum Gasteiger partial charge on any atom is 0.472 e. The number of hydrogen-bond donors (Lipinski definition) is 2. The van der Waals surface area contributed by atoms with Crippen molar-refractivity contribution in [3.8, 4) is 0 Å². The summed E-state index contributed by atoms with van der Waals surface area (Å²) < 4.78 is 33.5. The second-order valence-electron chi connectivity index (χ2n) is 15.9. The fourth-order valence-corrected chi connectivity index (χ4v) is 7.15. The van der Waals surface area contributed by atoms with Gasteiger partial charge in [0.1, 0.15) is 6.10 Å². The van der Waals surface area contributed by atoms with E-state index in [1.54, 1.807) is 0 Å². The van der Waals surface area contributed by atoms with Crippen molar-refractivity contribution in [3.63, 3.8) is 0 Å². The first-order valence-corrected chi connectivity index (χ1v) is 26.2. The molecule has 0 bridgehead atoms. The number of unbranched alkanes of at least 4 members (excludes halogenated alkanes) is 17. The predicted octanol–water partition coefficient (Wildman–Crippen LogP) is 15.4. The Morgan fingerprint density at radius 2 is 0.903 bits per heavy atom. The van der Waals surface area contributed by atoms with Gasteiger partial charge in [-0.1, -0.05) is 188 Å². The molecule has 8 nitrogen and oxygen atoms in total. The molecule has 2 atom stereocenters. The van der Waals surface area contributed by atoms with Crippen molar-refractivity contribution in [2.75, 3.05) is 33.0 Å². The van der Waals surface area contributed by atoms with E-state index in [1.807, 2.05) is 0 Å². The fourth-order valence-electron chi connectivity index (χ4n) is 6.38. The molecule has 0 spiro atoms. The quantitative estimate of drug-likeness (QED) is 0.0269. The summed E-state index contributed by atoms with van der Waals surface area (Å²) in [6.45, 7) is 4.74. The van der Waals surface area contributed by atoms with Crippen LogP contribution in [0.5, 0.6) is 0 Å². The average Bonchev–Trinajstić information content (AvgIpc) is 3.26. The van der Waals surface area contributed by atoms with Crippen LogP contribution >= 0.6 is 7.82 Å². The standard InChI is InChI=1S/C53H92NO7P/c1-3-5-7-9-11-13-15-17-19-21-23-24-25-26-27-28-29-30-32-34-36-38-40-42-44-46-53(55)61-52(51-60-62(56,57)59-49-47-54)50-58-48-45-43-41-39-37-35-33-31-22-20-18-16-14-12-10-8-6-4-2/h5,7,11,13,17-20,23-24,26-27,29-30,34,36,52H,3-4,6,8-10,12,14-16,21-22,25,28,31-33,35,37-51,54H2,1-2H3,(H,56,57)/b7-5-,13-11-,19-17-,20-18-,24-23-,27-26-,30-29-,36-34-. The van der Waals surface area contributed by atoms with E-state index in [2.05, 4.69) is 111 Å². The van der Waals surface area contributed by atoms with E-state index in [1.165, 1.54) is 89.9 Å². The van der Waals surface area contributed by atoms with Gasteiger partial charge in [0.2, 0.25) is 0 Å². The first-order valence-electron chi connectivity index (χ1n) is 24.7. The highest BCUT2D eigenvalue weighted by Crippen LogP contribution is 2.43. The number of esters is 1. The van der Waals surface area contributed by atoms with Gasteiger partial charge in [-0.2, -0.15) is 0 Å². The Morgan fingerprint density at radius 3 is 1.37 bits per heavy atom. The van der Waals surface area contributed by atoms with Gasteiger partial charge in [0.05, 0.1) is 19.8 Å². The van der Waals surface area contributed by atoms with Crippen LogP contribution in [0.2, 0.25) is 0 Å². The lowest BCUT2D eigenvalue weighted by atomic mass is 10.1. The molecule has 0 aliphatic carbocycles. The second-order valence-corrected chi connectivity index (χ2v) is 17.4. The van der Waals surface area contributed by atoms with Gasteiger partial charge >= 0.3 is 13.8 Å². The van der Waals surface area contributed by atoms with Crippen molar-refractivity contribution in [3.05, 3.63) is 97.2 Å². The Labute approximate surface area is 380 Å². The molecule has 0 fully saturated rings. The van der Waals surface area contributed by atoms with E-state index in [4.69, 9.17) is 24.3 Å². The minimum atomic E-state index is -4.30. The molecule has 62 heavy (non-hydrogen) atoms. The van der Waals surface area contributed by atoms with Crippen LogP contribution in [0.25, 0.3) is 0 Å². The summed E-state index contributed by atoms with van der Waals surface area (Å²) in [5.41, 5.74) is 5.38. The molecule has 9 heteroatoms. The van der Waals surface area contributed by atoms with E-state index in [0.29, 0.717) is 13.0 Å². The van der Waals surface area contributed by atoms with E-state index in [-0.39, 0.29) is 38.8 Å². The van der Waals surface area contributed by atoms with Crippen LogP contribution in [0.3, 0.4) is 0 Å². The van der Waals surface area contributed by atoms with E-state index in [9.17, 15) is 14.3 Å².